The van der Waals surface area contributed by atoms with Gasteiger partial charge in [-0.3, -0.25) is 0 Å². The van der Waals surface area contributed by atoms with Crippen molar-refractivity contribution >= 4 is 38.6 Å². The predicted molar refractivity (Wildman–Crippen MR) is 68.8 cm³/mol. The van der Waals surface area contributed by atoms with E-state index >= 15 is 0 Å². The molecule has 0 spiro atoms. The second-order valence-electron chi connectivity index (χ2n) is 3.39. The zero-order chi connectivity index (χ0) is 11.4. The normalized spacial score (nSPS) is 9.88. The Labute approximate surface area is 113 Å². The van der Waals surface area contributed by atoms with Gasteiger partial charge in [-0.05, 0) is 0 Å². The third kappa shape index (κ3) is 2.53. The van der Waals surface area contributed by atoms with Crippen LogP contribution in [0.2, 0.25) is 0 Å². The summed E-state index contributed by atoms with van der Waals surface area (Å²) in [6, 6.07) is 19.3. The van der Waals surface area contributed by atoms with Gasteiger partial charge in [-0.25, -0.2) is 0 Å². The predicted octanol–water partition coefficient (Wildman–Crippen LogP) is 5.09. The largest absolute Gasteiger partial charge is 0.126 e. The first-order valence-corrected chi connectivity index (χ1v) is 11.2. The van der Waals surface area contributed by atoms with Crippen molar-refractivity contribution in [1.29, 1.82) is 0 Å². The Morgan fingerprint density at radius 2 is 1.12 bits per heavy atom. The van der Waals surface area contributed by atoms with Crippen LogP contribution in [0.1, 0.15) is 0 Å². The molecule has 0 saturated heterocycles. The van der Waals surface area contributed by atoms with Gasteiger partial charge in [0.15, 0.2) is 0 Å². The number of hydrogen-bond donors (Lipinski definition) is 0. The molecule has 0 aliphatic carbocycles. The smallest absolute Gasteiger partial charge is 0.0771 e. The van der Waals surface area contributed by atoms with Crippen LogP contribution in [0.15, 0.2) is 54.6 Å². The molecule has 0 nitrogen and oxygen atoms in total. The van der Waals surface area contributed by atoms with E-state index in [1.807, 2.05) is 0 Å². The van der Waals surface area contributed by atoms with Crippen LogP contribution in [0, 0.1) is 0 Å². The fourth-order valence-electron chi connectivity index (χ4n) is 1.90. The Kier molecular flexibility index (Phi) is 4.52. The molecule has 0 aliphatic heterocycles. The maximum Gasteiger partial charge on any atom is -0.0771 e. The van der Waals surface area contributed by atoms with E-state index < -0.39 is 20.8 Å². The molecule has 0 unspecified atom stereocenters. The molecule has 3 aromatic carbocycles. The number of fused-ring (bicyclic) bond motifs is 3. The van der Waals surface area contributed by atoms with Crippen molar-refractivity contribution in [3.05, 3.63) is 54.6 Å². The molecule has 0 amide bonds. The van der Waals surface area contributed by atoms with Gasteiger partial charge in [0.25, 0.3) is 0 Å². The van der Waals surface area contributed by atoms with Gasteiger partial charge >= 0.3 is 37.9 Å². The number of halogens is 2. The number of hydrogen-bond acceptors (Lipinski definition) is 0. The molecule has 0 atom stereocenters. The fourth-order valence-corrected chi connectivity index (χ4v) is 1.90. The van der Waals surface area contributed by atoms with Crippen molar-refractivity contribution < 1.29 is 20.8 Å². The number of benzene rings is 2. The minimum atomic E-state index is -0.826. The Morgan fingerprint density at radius 1 is 0.750 bits per heavy atom. The molecule has 3 heteroatoms. The second-order valence-corrected chi connectivity index (χ2v) is 7.12. The average molecular weight is 327 g/mol. The van der Waals surface area contributed by atoms with Crippen LogP contribution in [0.25, 0.3) is 21.5 Å². The van der Waals surface area contributed by atoms with Crippen molar-refractivity contribution in [3.8, 4) is 0 Å². The fraction of sp³-hybridized carbons (Fsp3) is 0. The summed E-state index contributed by atoms with van der Waals surface area (Å²) in [5, 5.41) is 5.39. The van der Waals surface area contributed by atoms with Crippen LogP contribution < -0.4 is 0 Å². The Morgan fingerprint density at radius 3 is 1.56 bits per heavy atom. The summed E-state index contributed by atoms with van der Waals surface area (Å²) in [5.74, 6) is 0. The van der Waals surface area contributed by atoms with Crippen LogP contribution in [0.3, 0.4) is 0 Å². The summed E-state index contributed by atoms with van der Waals surface area (Å²) in [4.78, 5) is 0. The van der Waals surface area contributed by atoms with Gasteiger partial charge in [0, 0.05) is 0 Å². The molecule has 80 valence electrons. The molecule has 0 heterocycles. The van der Waals surface area contributed by atoms with Crippen molar-refractivity contribution in [2.75, 3.05) is 0 Å². The van der Waals surface area contributed by atoms with Crippen LogP contribution in [0.5, 0.6) is 0 Å². The summed E-state index contributed by atoms with van der Waals surface area (Å²) >= 11 is -0.826. The van der Waals surface area contributed by atoms with Crippen LogP contribution in [-0.4, -0.2) is 0 Å². The topological polar surface area (TPSA) is 0 Å². The monoisotopic (exact) mass is 325 g/mol. The number of rotatable bonds is 0. The Balaban J connectivity index is 0.000000292. The summed E-state index contributed by atoms with van der Waals surface area (Å²) in [6.45, 7) is 0. The van der Waals surface area contributed by atoms with Crippen molar-refractivity contribution in [2.24, 2.45) is 0 Å². The minimum Gasteiger partial charge on any atom is -0.126 e. The van der Waals surface area contributed by atoms with E-state index in [0.717, 1.165) is 0 Å². The quantitative estimate of drug-likeness (QED) is 0.505. The molecule has 0 saturated carbocycles. The van der Waals surface area contributed by atoms with E-state index in [9.17, 15) is 0 Å². The standard InChI is InChI=1S/C13H9.2ClH.Zr/c1-3-7-12-10(5-1)9-11-6-2-4-8-13(11)12;;;/h1-9H;2*1H;/q-1;;;+2/p-2. The second kappa shape index (κ2) is 5.91. The summed E-state index contributed by atoms with van der Waals surface area (Å²) in [7, 11) is 9.87. The first-order valence-electron chi connectivity index (χ1n) is 4.86. The van der Waals surface area contributed by atoms with Crippen LogP contribution >= 0.6 is 17.0 Å². The van der Waals surface area contributed by atoms with Gasteiger partial charge in [-0.15, -0.1) is 39.7 Å². The van der Waals surface area contributed by atoms with Gasteiger partial charge in [-0.2, -0.15) is 0 Å². The van der Waals surface area contributed by atoms with Crippen molar-refractivity contribution in [2.45, 2.75) is 0 Å². The zero-order valence-electron chi connectivity index (χ0n) is 8.45. The van der Waals surface area contributed by atoms with E-state index in [1.165, 1.54) is 21.5 Å². The SMILES string of the molecule is [Cl][Zr][Cl].c1ccc2c(c1)[cH-]c1ccccc12. The van der Waals surface area contributed by atoms with Crippen LogP contribution in [0.4, 0.5) is 0 Å². The zero-order valence-corrected chi connectivity index (χ0v) is 12.4. The van der Waals surface area contributed by atoms with Crippen LogP contribution in [-0.2, 0) is 20.8 Å². The minimum absolute atomic E-state index is 0.826. The molecular weight excluding hydrogens is 318 g/mol. The van der Waals surface area contributed by atoms with E-state index in [0.29, 0.717) is 0 Å². The summed E-state index contributed by atoms with van der Waals surface area (Å²) in [5.41, 5.74) is 0. The van der Waals surface area contributed by atoms with Gasteiger partial charge in [0.1, 0.15) is 0 Å². The Bertz CT molecular complexity index is 536. The molecule has 0 fully saturated rings. The van der Waals surface area contributed by atoms with E-state index in [1.54, 1.807) is 0 Å². The first kappa shape index (κ1) is 12.2. The summed E-state index contributed by atoms with van der Waals surface area (Å²) in [6.07, 6.45) is 0. The maximum absolute atomic E-state index is 4.93. The molecule has 0 bridgehead atoms. The van der Waals surface area contributed by atoms with Gasteiger partial charge in [0.05, 0.1) is 0 Å². The van der Waals surface area contributed by atoms with Gasteiger partial charge in [0.2, 0.25) is 0 Å². The molecule has 0 radical (unpaired) electrons. The maximum atomic E-state index is 4.93. The Hall–Kier alpha value is -0.227. The van der Waals surface area contributed by atoms with E-state index in [2.05, 4.69) is 54.6 Å². The van der Waals surface area contributed by atoms with E-state index in [-0.39, 0.29) is 0 Å². The molecule has 0 aromatic heterocycles. The van der Waals surface area contributed by atoms with Gasteiger partial charge < -0.3 is 0 Å². The van der Waals surface area contributed by atoms with E-state index in [4.69, 9.17) is 17.0 Å². The molecule has 0 N–H and O–H groups in total. The average Bonchev–Trinajstić information content (AvgIpc) is 2.68. The molecule has 3 rings (SSSR count). The molecule has 16 heavy (non-hydrogen) atoms. The molecule has 0 aliphatic rings. The summed E-state index contributed by atoms with van der Waals surface area (Å²) < 4.78 is 0. The first-order chi connectivity index (χ1) is 7.86. The van der Waals surface area contributed by atoms with Gasteiger partial charge in [-0.1, -0.05) is 36.4 Å². The van der Waals surface area contributed by atoms with Crippen molar-refractivity contribution in [3.63, 3.8) is 0 Å². The molecule has 3 aromatic rings. The third-order valence-corrected chi connectivity index (χ3v) is 2.52. The van der Waals surface area contributed by atoms with Crippen molar-refractivity contribution in [1.82, 2.24) is 0 Å². The third-order valence-electron chi connectivity index (χ3n) is 2.52. The molecular formula is C13H9Cl2Zr-.